The molecule has 0 spiro atoms. The van der Waals surface area contributed by atoms with Crippen molar-refractivity contribution >= 4 is 5.91 Å². The molecule has 0 unspecified atom stereocenters. The Morgan fingerprint density at radius 3 is 2.72 bits per heavy atom. The average Bonchev–Trinajstić information content (AvgIpc) is 3.05. The molecule has 0 saturated carbocycles. The summed E-state index contributed by atoms with van der Waals surface area (Å²) in [6.07, 6.45) is 1.06. The molecule has 156 valence electrons. The van der Waals surface area contributed by atoms with Crippen LogP contribution in [-0.4, -0.2) is 44.2 Å². The van der Waals surface area contributed by atoms with Crippen molar-refractivity contribution in [3.63, 3.8) is 0 Å². The summed E-state index contributed by atoms with van der Waals surface area (Å²) in [5.41, 5.74) is 3.23. The summed E-state index contributed by atoms with van der Waals surface area (Å²) >= 11 is 0. The zero-order valence-corrected chi connectivity index (χ0v) is 17.7. The molecule has 1 N–H and O–H groups in total. The molecular formula is C23H30N2O4. The van der Waals surface area contributed by atoms with Crippen LogP contribution in [-0.2, 0) is 24.3 Å². The smallest absolute Gasteiger partial charge is 0.234 e. The first-order valence-electron chi connectivity index (χ1n) is 10.0. The number of carbonyl (C=O) groups excluding carboxylic acids is 1. The third kappa shape index (κ3) is 5.64. The lowest BCUT2D eigenvalue weighted by molar-refractivity contribution is -0.122. The van der Waals surface area contributed by atoms with Gasteiger partial charge < -0.3 is 19.5 Å². The highest BCUT2D eigenvalue weighted by molar-refractivity contribution is 5.78. The quantitative estimate of drug-likeness (QED) is 0.703. The van der Waals surface area contributed by atoms with Crippen LogP contribution in [0.25, 0.3) is 0 Å². The summed E-state index contributed by atoms with van der Waals surface area (Å²) in [6.45, 7) is 6.01. The molecule has 0 aliphatic carbocycles. The van der Waals surface area contributed by atoms with Crippen LogP contribution in [0.15, 0.2) is 36.4 Å². The van der Waals surface area contributed by atoms with Gasteiger partial charge in [-0.2, -0.15) is 0 Å². The Kier molecular flexibility index (Phi) is 6.99. The fraction of sp³-hybridized carbons (Fsp3) is 0.435. The Morgan fingerprint density at radius 1 is 1.28 bits per heavy atom. The van der Waals surface area contributed by atoms with Crippen molar-refractivity contribution in [2.75, 3.05) is 27.3 Å². The van der Waals surface area contributed by atoms with Crippen molar-refractivity contribution < 1.29 is 19.0 Å². The zero-order valence-electron chi connectivity index (χ0n) is 17.7. The molecule has 0 aromatic heterocycles. The second kappa shape index (κ2) is 9.65. The summed E-state index contributed by atoms with van der Waals surface area (Å²) < 4.78 is 16.8. The Hall–Kier alpha value is -2.73. The number of fused-ring (bicyclic) bond motifs is 1. The summed E-state index contributed by atoms with van der Waals surface area (Å²) in [5.74, 6) is 2.50. The Morgan fingerprint density at radius 2 is 2.03 bits per heavy atom. The molecule has 0 fully saturated rings. The number of methoxy groups -OCH3 is 1. The summed E-state index contributed by atoms with van der Waals surface area (Å²) in [6, 6.07) is 11.9. The number of rotatable bonds is 9. The maximum absolute atomic E-state index is 12.4. The molecule has 2 aromatic rings. The van der Waals surface area contributed by atoms with Gasteiger partial charge in [-0.05, 0) is 50.7 Å². The summed E-state index contributed by atoms with van der Waals surface area (Å²) in [7, 11) is 3.58. The molecule has 1 aliphatic heterocycles. The number of likely N-dealkylation sites (N-methyl/N-ethyl adjacent to an activating group) is 1. The first kappa shape index (κ1) is 21.0. The van der Waals surface area contributed by atoms with Crippen molar-refractivity contribution in [2.24, 2.45) is 0 Å². The van der Waals surface area contributed by atoms with E-state index in [1.165, 1.54) is 0 Å². The van der Waals surface area contributed by atoms with E-state index in [9.17, 15) is 4.79 Å². The number of hydrogen-bond donors (Lipinski definition) is 1. The number of hydrogen-bond acceptors (Lipinski definition) is 5. The highest BCUT2D eigenvalue weighted by Gasteiger charge is 2.22. The minimum absolute atomic E-state index is 0.0294. The monoisotopic (exact) mass is 398 g/mol. The number of carbonyl (C=O) groups is 1. The Bertz CT molecular complexity index is 836. The molecule has 0 saturated heterocycles. The van der Waals surface area contributed by atoms with Crippen LogP contribution in [0.1, 0.15) is 30.5 Å². The van der Waals surface area contributed by atoms with E-state index in [-0.39, 0.29) is 12.0 Å². The van der Waals surface area contributed by atoms with Crippen molar-refractivity contribution in [1.29, 1.82) is 0 Å². The number of benzene rings is 2. The van der Waals surface area contributed by atoms with E-state index in [2.05, 4.69) is 12.2 Å². The van der Waals surface area contributed by atoms with Crippen LogP contribution in [0.2, 0.25) is 0 Å². The molecular weight excluding hydrogens is 368 g/mol. The van der Waals surface area contributed by atoms with Gasteiger partial charge in [-0.15, -0.1) is 0 Å². The molecule has 1 heterocycles. The van der Waals surface area contributed by atoms with Gasteiger partial charge in [-0.25, -0.2) is 0 Å². The third-order valence-electron chi connectivity index (χ3n) is 4.88. The first-order chi connectivity index (χ1) is 14.0. The van der Waals surface area contributed by atoms with Gasteiger partial charge in [-0.1, -0.05) is 12.1 Å². The standard InChI is InChI=1S/C23H30N2O4/c1-5-28-21-11-18-10-16(2)29-22(18)12-19(21)13-24-23(26)15-25(3)14-17-6-8-20(27-4)9-7-17/h6-9,11-12,16H,5,10,13-15H2,1-4H3,(H,24,26)/t16-/m1/s1. The SMILES string of the molecule is CCOc1cc2c(cc1CNC(=O)CN(C)Cc1ccc(OC)cc1)O[C@H](C)C2. The van der Waals surface area contributed by atoms with E-state index in [4.69, 9.17) is 14.2 Å². The van der Waals surface area contributed by atoms with E-state index < -0.39 is 0 Å². The maximum atomic E-state index is 12.4. The van der Waals surface area contributed by atoms with Crippen LogP contribution in [0.5, 0.6) is 17.2 Å². The van der Waals surface area contributed by atoms with Crippen LogP contribution in [0.4, 0.5) is 0 Å². The molecule has 6 heteroatoms. The lowest BCUT2D eigenvalue weighted by Gasteiger charge is -2.17. The number of ether oxygens (including phenoxy) is 3. The fourth-order valence-electron chi connectivity index (χ4n) is 3.50. The number of amides is 1. The minimum atomic E-state index is -0.0294. The van der Waals surface area contributed by atoms with E-state index in [0.717, 1.165) is 40.4 Å². The molecule has 2 aromatic carbocycles. The fourth-order valence-corrected chi connectivity index (χ4v) is 3.50. The molecule has 3 rings (SSSR count). The van der Waals surface area contributed by atoms with Crippen molar-refractivity contribution in [3.8, 4) is 17.2 Å². The number of nitrogens with zero attached hydrogens (tertiary/aromatic N) is 1. The van der Waals surface area contributed by atoms with Crippen LogP contribution in [0, 0.1) is 0 Å². The van der Waals surface area contributed by atoms with Crippen molar-refractivity contribution in [3.05, 3.63) is 53.1 Å². The largest absolute Gasteiger partial charge is 0.497 e. The minimum Gasteiger partial charge on any atom is -0.497 e. The van der Waals surface area contributed by atoms with Crippen LogP contribution < -0.4 is 19.5 Å². The Balaban J connectivity index is 1.55. The van der Waals surface area contributed by atoms with E-state index in [1.807, 2.05) is 55.3 Å². The van der Waals surface area contributed by atoms with Gasteiger partial charge in [0.15, 0.2) is 0 Å². The molecule has 0 bridgehead atoms. The van der Waals surface area contributed by atoms with Crippen molar-refractivity contribution in [1.82, 2.24) is 10.2 Å². The van der Waals surface area contributed by atoms with Crippen molar-refractivity contribution in [2.45, 2.75) is 39.5 Å². The van der Waals surface area contributed by atoms with Gasteiger partial charge in [0.2, 0.25) is 5.91 Å². The van der Waals surface area contributed by atoms with Gasteiger partial charge >= 0.3 is 0 Å². The third-order valence-corrected chi connectivity index (χ3v) is 4.88. The predicted molar refractivity (Wildman–Crippen MR) is 113 cm³/mol. The second-order valence-electron chi connectivity index (χ2n) is 7.43. The lowest BCUT2D eigenvalue weighted by atomic mass is 10.1. The van der Waals surface area contributed by atoms with Crippen LogP contribution in [0.3, 0.4) is 0 Å². The number of nitrogens with one attached hydrogen (secondary N) is 1. The molecule has 1 atom stereocenters. The topological polar surface area (TPSA) is 60.0 Å². The first-order valence-corrected chi connectivity index (χ1v) is 10.0. The van der Waals surface area contributed by atoms with E-state index >= 15 is 0 Å². The van der Waals surface area contributed by atoms with E-state index in [1.54, 1.807) is 7.11 Å². The molecule has 1 aliphatic rings. The summed E-state index contributed by atoms with van der Waals surface area (Å²) in [5, 5.41) is 3.00. The predicted octanol–water partition coefficient (Wildman–Crippen LogP) is 3.17. The normalized spacial score (nSPS) is 15.0. The van der Waals surface area contributed by atoms with Gasteiger partial charge in [0.25, 0.3) is 0 Å². The van der Waals surface area contributed by atoms with Crippen LogP contribution >= 0.6 is 0 Å². The molecule has 1 amide bonds. The van der Waals surface area contributed by atoms with E-state index in [0.29, 0.717) is 26.2 Å². The molecule has 29 heavy (non-hydrogen) atoms. The summed E-state index contributed by atoms with van der Waals surface area (Å²) in [4.78, 5) is 14.4. The average molecular weight is 399 g/mol. The zero-order chi connectivity index (χ0) is 20.8. The Labute approximate surface area is 172 Å². The molecule has 6 nitrogen and oxygen atoms in total. The van der Waals surface area contributed by atoms with Gasteiger partial charge in [0.05, 0.1) is 20.3 Å². The molecule has 0 radical (unpaired) electrons. The van der Waals surface area contributed by atoms with Gasteiger partial charge in [-0.3, -0.25) is 9.69 Å². The maximum Gasteiger partial charge on any atom is 0.234 e. The van der Waals surface area contributed by atoms with Gasteiger partial charge in [0, 0.05) is 30.6 Å². The highest BCUT2D eigenvalue weighted by Crippen LogP contribution is 2.35. The highest BCUT2D eigenvalue weighted by atomic mass is 16.5. The second-order valence-corrected chi connectivity index (χ2v) is 7.43. The lowest BCUT2D eigenvalue weighted by Crippen LogP contribution is -2.34. The van der Waals surface area contributed by atoms with Gasteiger partial charge in [0.1, 0.15) is 23.4 Å².